The van der Waals surface area contributed by atoms with Crippen LogP contribution in [0.1, 0.15) is 104 Å². The number of rotatable bonds is 20. The van der Waals surface area contributed by atoms with Crippen LogP contribution in [0.15, 0.2) is 0 Å². The third kappa shape index (κ3) is 16.1. The lowest BCUT2D eigenvalue weighted by Crippen LogP contribution is -2.50. The molecule has 31 heavy (non-hydrogen) atoms. The molecule has 0 saturated carbocycles. The zero-order valence-electron chi connectivity index (χ0n) is 21.3. The predicted molar refractivity (Wildman–Crippen MR) is 130 cm³/mol. The summed E-state index contributed by atoms with van der Waals surface area (Å²) in [4.78, 5) is 26.3. The number of carbonyl (C=O) groups excluding carboxylic acids is 1. The summed E-state index contributed by atoms with van der Waals surface area (Å²) in [5, 5.41) is 12.6. The minimum Gasteiger partial charge on any atom is -0.477 e. The average molecular weight is 443 g/mol. The Bertz CT molecular complexity index is 463. The second kappa shape index (κ2) is 18.3. The normalized spacial score (nSPS) is 12.5. The molecule has 6 heteroatoms. The lowest BCUT2D eigenvalue weighted by atomic mass is 10.1. The first-order valence-corrected chi connectivity index (χ1v) is 12.8. The number of quaternary nitrogens is 1. The van der Waals surface area contributed by atoms with Crippen molar-refractivity contribution in [3.63, 3.8) is 0 Å². The molecule has 1 atom stereocenters. The number of hydrogen-bond donors (Lipinski definition) is 2. The lowest BCUT2D eigenvalue weighted by molar-refractivity contribution is -0.887. The fourth-order valence-electron chi connectivity index (χ4n) is 3.93. The number of unbranched alkanes of at least 4 members (excludes halogenated alkanes) is 10. The number of aliphatic carboxylic acids is 1. The van der Waals surface area contributed by atoms with Gasteiger partial charge in [-0.1, -0.05) is 78.1 Å². The fraction of sp³-hybridized carbons (Fsp3) is 0.920. The van der Waals surface area contributed by atoms with E-state index in [-0.39, 0.29) is 6.03 Å². The molecule has 0 aliphatic carbocycles. The van der Waals surface area contributed by atoms with Crippen LogP contribution in [0.3, 0.4) is 0 Å². The summed E-state index contributed by atoms with van der Waals surface area (Å²) < 4.78 is 0.400. The Balaban J connectivity index is 4.48. The van der Waals surface area contributed by atoms with E-state index >= 15 is 0 Å². The van der Waals surface area contributed by atoms with Crippen molar-refractivity contribution in [1.29, 1.82) is 0 Å². The van der Waals surface area contributed by atoms with Gasteiger partial charge in [0.25, 0.3) is 0 Å². The van der Waals surface area contributed by atoms with Crippen LogP contribution in [0.4, 0.5) is 4.79 Å². The third-order valence-electron chi connectivity index (χ3n) is 6.00. The van der Waals surface area contributed by atoms with Crippen molar-refractivity contribution in [3.8, 4) is 0 Å². The Morgan fingerprint density at radius 2 is 1.26 bits per heavy atom. The van der Waals surface area contributed by atoms with E-state index in [0.717, 1.165) is 32.4 Å². The Hall–Kier alpha value is -1.30. The molecule has 0 aromatic carbocycles. The van der Waals surface area contributed by atoms with Crippen molar-refractivity contribution in [2.45, 2.75) is 110 Å². The van der Waals surface area contributed by atoms with Gasteiger partial charge in [0.05, 0.1) is 21.1 Å². The molecular formula is C25H52N3O3+. The van der Waals surface area contributed by atoms with Crippen molar-refractivity contribution in [1.82, 2.24) is 10.2 Å². The number of carbonyl (C=O) groups is 2. The van der Waals surface area contributed by atoms with Crippen molar-refractivity contribution < 1.29 is 19.2 Å². The van der Waals surface area contributed by atoms with Gasteiger partial charge < -0.3 is 19.8 Å². The maximum absolute atomic E-state index is 12.7. The van der Waals surface area contributed by atoms with E-state index in [0.29, 0.717) is 23.9 Å². The van der Waals surface area contributed by atoms with Crippen molar-refractivity contribution in [2.24, 2.45) is 0 Å². The standard InChI is InChI=1S/C25H51N3O3/c1-6-8-10-12-14-16-20-26-25(31)27(21-17-15-13-11-9-7-2)22-18-19-23(24(29)30)28(3,4)5/h23H,6-22H2,1-5H3,(H-,26,29,30,31)/p+1. The summed E-state index contributed by atoms with van der Waals surface area (Å²) in [6.07, 6.45) is 15.8. The number of nitrogens with one attached hydrogen (secondary N) is 1. The molecule has 0 rings (SSSR count). The molecule has 0 aromatic heterocycles. The Kier molecular flexibility index (Phi) is 17.5. The monoisotopic (exact) mass is 442 g/mol. The molecular weight excluding hydrogens is 390 g/mol. The first-order chi connectivity index (χ1) is 14.7. The Labute approximate surface area is 192 Å². The zero-order chi connectivity index (χ0) is 23.5. The summed E-state index contributed by atoms with van der Waals surface area (Å²) >= 11 is 0. The number of hydrogen-bond acceptors (Lipinski definition) is 2. The molecule has 184 valence electrons. The van der Waals surface area contributed by atoms with Gasteiger partial charge in [0.15, 0.2) is 6.04 Å². The highest BCUT2D eigenvalue weighted by Crippen LogP contribution is 2.12. The molecule has 1 unspecified atom stereocenters. The van der Waals surface area contributed by atoms with Gasteiger partial charge in [-0.05, 0) is 19.3 Å². The molecule has 6 nitrogen and oxygen atoms in total. The summed E-state index contributed by atoms with van der Waals surface area (Å²) in [7, 11) is 5.75. The van der Waals surface area contributed by atoms with E-state index in [9.17, 15) is 14.7 Å². The highest BCUT2D eigenvalue weighted by atomic mass is 16.4. The highest BCUT2D eigenvalue weighted by Gasteiger charge is 2.30. The molecule has 0 aliphatic rings. The highest BCUT2D eigenvalue weighted by molar-refractivity contribution is 5.74. The quantitative estimate of drug-likeness (QED) is 0.189. The lowest BCUT2D eigenvalue weighted by Gasteiger charge is -2.31. The van der Waals surface area contributed by atoms with E-state index < -0.39 is 12.0 Å². The number of likely N-dealkylation sites (N-methyl/N-ethyl adjacent to an activating group) is 1. The second-order valence-electron chi connectivity index (χ2n) is 9.87. The molecule has 0 fully saturated rings. The smallest absolute Gasteiger partial charge is 0.362 e. The average Bonchev–Trinajstić information content (AvgIpc) is 2.69. The van der Waals surface area contributed by atoms with Crippen LogP contribution in [0.5, 0.6) is 0 Å². The molecule has 0 aromatic rings. The minimum absolute atomic E-state index is 0.0132. The molecule has 0 bridgehead atoms. The largest absolute Gasteiger partial charge is 0.477 e. The number of carboxylic acid groups (broad SMARTS) is 1. The molecule has 0 spiro atoms. The number of amides is 2. The summed E-state index contributed by atoms with van der Waals surface area (Å²) in [5.74, 6) is -0.762. The van der Waals surface area contributed by atoms with E-state index in [4.69, 9.17) is 0 Å². The first kappa shape index (κ1) is 29.7. The van der Waals surface area contributed by atoms with Crippen LogP contribution >= 0.6 is 0 Å². The number of urea groups is 1. The van der Waals surface area contributed by atoms with Crippen molar-refractivity contribution >= 4 is 12.0 Å². The summed E-state index contributed by atoms with van der Waals surface area (Å²) in [6, 6.07) is -0.429. The van der Waals surface area contributed by atoms with Crippen LogP contribution < -0.4 is 5.32 Å². The van der Waals surface area contributed by atoms with Gasteiger partial charge in [0.2, 0.25) is 0 Å². The van der Waals surface area contributed by atoms with Crippen LogP contribution in [-0.2, 0) is 4.79 Å². The van der Waals surface area contributed by atoms with E-state index in [1.165, 1.54) is 57.8 Å². The molecule has 2 amide bonds. The van der Waals surface area contributed by atoms with Gasteiger partial charge in [0, 0.05) is 26.1 Å². The topological polar surface area (TPSA) is 69.6 Å². The van der Waals surface area contributed by atoms with Gasteiger partial charge in [-0.15, -0.1) is 0 Å². The zero-order valence-corrected chi connectivity index (χ0v) is 21.3. The van der Waals surface area contributed by atoms with Crippen molar-refractivity contribution in [2.75, 3.05) is 40.8 Å². The van der Waals surface area contributed by atoms with Crippen LogP contribution in [0.2, 0.25) is 0 Å². The van der Waals surface area contributed by atoms with Crippen LogP contribution in [0, 0.1) is 0 Å². The molecule has 0 heterocycles. The van der Waals surface area contributed by atoms with Crippen LogP contribution in [-0.4, -0.2) is 73.3 Å². The maximum Gasteiger partial charge on any atom is 0.362 e. The first-order valence-electron chi connectivity index (χ1n) is 12.8. The molecule has 2 N–H and O–H groups in total. The number of carboxylic acids is 1. The van der Waals surface area contributed by atoms with Gasteiger partial charge in [-0.25, -0.2) is 9.59 Å². The SMILES string of the molecule is CCCCCCCCNC(=O)N(CCCCCCCC)CCCC(C(=O)O)[N+](C)(C)C. The van der Waals surface area contributed by atoms with E-state index in [1.54, 1.807) is 0 Å². The fourth-order valence-corrected chi connectivity index (χ4v) is 3.93. The molecule has 0 saturated heterocycles. The van der Waals surface area contributed by atoms with Gasteiger partial charge >= 0.3 is 12.0 Å². The summed E-state index contributed by atoms with van der Waals surface area (Å²) in [6.45, 7) is 6.56. The maximum atomic E-state index is 12.7. The van der Waals surface area contributed by atoms with E-state index in [2.05, 4.69) is 19.2 Å². The number of nitrogens with zero attached hydrogens (tertiary/aromatic N) is 2. The van der Waals surface area contributed by atoms with Crippen LogP contribution in [0.25, 0.3) is 0 Å². The van der Waals surface area contributed by atoms with E-state index in [1.807, 2.05) is 26.0 Å². The molecule has 0 aliphatic heterocycles. The van der Waals surface area contributed by atoms with Gasteiger partial charge in [-0.2, -0.15) is 0 Å². The second-order valence-corrected chi connectivity index (χ2v) is 9.87. The third-order valence-corrected chi connectivity index (χ3v) is 6.00. The Morgan fingerprint density at radius 1 is 0.774 bits per heavy atom. The Morgan fingerprint density at radius 3 is 1.77 bits per heavy atom. The van der Waals surface area contributed by atoms with Gasteiger partial charge in [0.1, 0.15) is 0 Å². The predicted octanol–water partition coefficient (Wildman–Crippen LogP) is 5.66. The van der Waals surface area contributed by atoms with Crippen molar-refractivity contribution in [3.05, 3.63) is 0 Å². The summed E-state index contributed by atoms with van der Waals surface area (Å²) in [5.41, 5.74) is 0. The van der Waals surface area contributed by atoms with Gasteiger partial charge in [-0.3, -0.25) is 0 Å². The molecule has 0 radical (unpaired) electrons. The minimum atomic E-state index is -0.762.